The summed E-state index contributed by atoms with van der Waals surface area (Å²) < 4.78 is 6.10. The lowest BCUT2D eigenvalue weighted by molar-refractivity contribution is -0.0338. The topological polar surface area (TPSA) is 101 Å². The Bertz CT molecular complexity index is 895. The molecule has 3 aliphatic rings. The molecular weight excluding hydrogens is 390 g/mol. The number of nitrogens with two attached hydrogens (primary N) is 1. The minimum atomic E-state index is -0.116. The summed E-state index contributed by atoms with van der Waals surface area (Å²) in [5.74, 6) is 0.493. The standard InChI is InChI=1S/C16H16ClN3O2.C6H12O/c1-8-13-11(7-16(22-8)4-5-16)14(19-20-15(13)18)10-3-2-9(17)6-12(10)21;7-6-4-2-1-3-5-6/h2-3,6,8,21H,4-5,7H2,1H3,(H2,18,20);6-7H,1-5H2. The third-order valence-corrected chi connectivity index (χ3v) is 6.31. The highest BCUT2D eigenvalue weighted by Gasteiger charge is 2.50. The fourth-order valence-corrected chi connectivity index (χ4v) is 4.53. The van der Waals surface area contributed by atoms with Gasteiger partial charge in [-0.15, -0.1) is 10.2 Å². The van der Waals surface area contributed by atoms with Crippen LogP contribution in [0.25, 0.3) is 11.3 Å². The molecule has 1 aromatic carbocycles. The number of aromatic nitrogens is 2. The summed E-state index contributed by atoms with van der Waals surface area (Å²) >= 11 is 5.92. The second-order valence-corrected chi connectivity index (χ2v) is 8.84. The Morgan fingerprint density at radius 2 is 1.90 bits per heavy atom. The lowest BCUT2D eigenvalue weighted by Crippen LogP contribution is -2.28. The van der Waals surface area contributed by atoms with Gasteiger partial charge in [0, 0.05) is 22.6 Å². The van der Waals surface area contributed by atoms with Gasteiger partial charge in [0.05, 0.1) is 17.8 Å². The molecule has 1 unspecified atom stereocenters. The Hall–Kier alpha value is -1.89. The monoisotopic (exact) mass is 417 g/mol. The van der Waals surface area contributed by atoms with Crippen LogP contribution in [0.5, 0.6) is 5.75 Å². The lowest BCUT2D eigenvalue weighted by atomic mass is 9.90. The molecule has 2 aromatic rings. The highest BCUT2D eigenvalue weighted by molar-refractivity contribution is 6.30. The zero-order chi connectivity index (χ0) is 20.6. The molecule has 2 fully saturated rings. The maximum atomic E-state index is 10.2. The maximum absolute atomic E-state index is 10.2. The Kier molecular flexibility index (Phi) is 5.69. The highest BCUT2D eigenvalue weighted by atomic mass is 35.5. The van der Waals surface area contributed by atoms with E-state index in [0.29, 0.717) is 22.1 Å². The summed E-state index contributed by atoms with van der Waals surface area (Å²) in [5.41, 5.74) is 9.13. The zero-order valence-corrected chi connectivity index (χ0v) is 17.5. The molecule has 156 valence electrons. The average molecular weight is 418 g/mol. The number of aromatic hydroxyl groups is 1. The molecule has 7 heteroatoms. The number of hydrogen-bond donors (Lipinski definition) is 3. The van der Waals surface area contributed by atoms with Gasteiger partial charge in [-0.05, 0) is 56.4 Å². The minimum absolute atomic E-state index is 0.0359. The van der Waals surface area contributed by atoms with Crippen LogP contribution in [0.4, 0.5) is 5.82 Å². The molecule has 2 heterocycles. The van der Waals surface area contributed by atoms with Gasteiger partial charge in [-0.1, -0.05) is 30.9 Å². The number of anilines is 1. The fourth-order valence-electron chi connectivity index (χ4n) is 4.37. The molecule has 1 atom stereocenters. The predicted octanol–water partition coefficient (Wildman–Crippen LogP) is 4.56. The lowest BCUT2D eigenvalue weighted by Gasteiger charge is -2.32. The molecule has 0 amide bonds. The summed E-state index contributed by atoms with van der Waals surface area (Å²) in [6.07, 6.45) is 8.66. The summed E-state index contributed by atoms with van der Waals surface area (Å²) in [6.45, 7) is 1.99. The normalized spacial score (nSPS) is 22.5. The zero-order valence-electron chi connectivity index (χ0n) is 16.7. The number of ether oxygens (including phenoxy) is 1. The molecule has 6 nitrogen and oxygen atoms in total. The number of fused-ring (bicyclic) bond motifs is 1. The van der Waals surface area contributed by atoms with Crippen molar-refractivity contribution >= 4 is 17.4 Å². The van der Waals surface area contributed by atoms with Gasteiger partial charge in [0.2, 0.25) is 0 Å². The van der Waals surface area contributed by atoms with E-state index in [4.69, 9.17) is 27.2 Å². The molecule has 0 saturated heterocycles. The van der Waals surface area contributed by atoms with E-state index in [1.165, 1.54) is 25.3 Å². The van der Waals surface area contributed by atoms with Crippen LogP contribution in [0.1, 0.15) is 69.1 Å². The Morgan fingerprint density at radius 1 is 1.17 bits per heavy atom. The number of nitrogen functional groups attached to an aromatic ring is 1. The van der Waals surface area contributed by atoms with Gasteiger partial charge in [-0.2, -0.15) is 0 Å². The van der Waals surface area contributed by atoms with Crippen LogP contribution < -0.4 is 5.73 Å². The highest BCUT2D eigenvalue weighted by Crippen LogP contribution is 2.52. The van der Waals surface area contributed by atoms with Crippen LogP contribution >= 0.6 is 11.6 Å². The Morgan fingerprint density at radius 3 is 2.48 bits per heavy atom. The van der Waals surface area contributed by atoms with E-state index in [0.717, 1.165) is 43.2 Å². The number of rotatable bonds is 1. The van der Waals surface area contributed by atoms with Crippen LogP contribution in [-0.4, -0.2) is 32.1 Å². The van der Waals surface area contributed by atoms with Crippen molar-refractivity contribution in [3.05, 3.63) is 34.3 Å². The molecule has 2 saturated carbocycles. The molecule has 29 heavy (non-hydrogen) atoms. The molecule has 0 bridgehead atoms. The number of aliphatic hydroxyl groups excluding tert-OH is 1. The molecule has 2 aliphatic carbocycles. The summed E-state index contributed by atoms with van der Waals surface area (Å²) in [4.78, 5) is 0. The molecule has 4 N–H and O–H groups in total. The molecule has 5 rings (SSSR count). The molecule has 1 aliphatic heterocycles. The van der Waals surface area contributed by atoms with Crippen LogP contribution in [0, 0.1) is 0 Å². The van der Waals surface area contributed by atoms with Crippen molar-refractivity contribution in [2.75, 3.05) is 5.73 Å². The van der Waals surface area contributed by atoms with E-state index in [9.17, 15) is 5.11 Å². The maximum Gasteiger partial charge on any atom is 0.152 e. The van der Waals surface area contributed by atoms with E-state index in [1.807, 2.05) is 6.92 Å². The number of halogens is 1. The molecule has 1 spiro atoms. The first kappa shape index (κ1) is 20.4. The molecular formula is C22H28ClN3O3. The van der Waals surface area contributed by atoms with Crippen LogP contribution in [0.2, 0.25) is 5.02 Å². The fraction of sp³-hybridized carbons (Fsp3) is 0.545. The number of benzene rings is 1. The van der Waals surface area contributed by atoms with E-state index < -0.39 is 0 Å². The number of phenols is 1. The summed E-state index contributed by atoms with van der Waals surface area (Å²) in [6, 6.07) is 5.01. The quantitative estimate of drug-likeness (QED) is 0.628. The number of hydrogen-bond acceptors (Lipinski definition) is 6. The van der Waals surface area contributed by atoms with Crippen molar-refractivity contribution in [1.29, 1.82) is 0 Å². The van der Waals surface area contributed by atoms with E-state index in [-0.39, 0.29) is 23.6 Å². The largest absolute Gasteiger partial charge is 0.507 e. The number of nitrogens with zero attached hydrogens (tertiary/aromatic N) is 2. The van der Waals surface area contributed by atoms with E-state index in [2.05, 4.69) is 10.2 Å². The van der Waals surface area contributed by atoms with Gasteiger partial charge >= 0.3 is 0 Å². The number of phenolic OH excluding ortho intramolecular Hbond substituents is 1. The van der Waals surface area contributed by atoms with Gasteiger partial charge in [-0.25, -0.2) is 0 Å². The summed E-state index contributed by atoms with van der Waals surface area (Å²) in [7, 11) is 0. The predicted molar refractivity (Wildman–Crippen MR) is 113 cm³/mol. The first-order valence-electron chi connectivity index (χ1n) is 10.4. The van der Waals surface area contributed by atoms with Gasteiger partial charge < -0.3 is 20.7 Å². The van der Waals surface area contributed by atoms with E-state index in [1.54, 1.807) is 12.1 Å². The van der Waals surface area contributed by atoms with E-state index >= 15 is 0 Å². The molecule has 0 radical (unpaired) electrons. The first-order valence-corrected chi connectivity index (χ1v) is 10.8. The Balaban J connectivity index is 0.000000249. The van der Waals surface area contributed by atoms with Gasteiger partial charge in [0.15, 0.2) is 5.82 Å². The average Bonchev–Trinajstić information content (AvgIpc) is 3.42. The first-order chi connectivity index (χ1) is 13.9. The van der Waals surface area contributed by atoms with Gasteiger partial charge in [0.1, 0.15) is 11.4 Å². The number of aliphatic hydroxyl groups is 1. The van der Waals surface area contributed by atoms with Crippen LogP contribution in [0.3, 0.4) is 0 Å². The van der Waals surface area contributed by atoms with Crippen molar-refractivity contribution in [3.63, 3.8) is 0 Å². The second kappa shape index (κ2) is 8.09. The van der Waals surface area contributed by atoms with Crippen LogP contribution in [-0.2, 0) is 11.2 Å². The third-order valence-electron chi connectivity index (χ3n) is 6.07. The van der Waals surface area contributed by atoms with Crippen molar-refractivity contribution < 1.29 is 14.9 Å². The van der Waals surface area contributed by atoms with Crippen LogP contribution in [0.15, 0.2) is 18.2 Å². The summed E-state index contributed by atoms with van der Waals surface area (Å²) in [5, 5.41) is 27.9. The minimum Gasteiger partial charge on any atom is -0.507 e. The van der Waals surface area contributed by atoms with Crippen molar-refractivity contribution in [2.45, 2.75) is 76.1 Å². The Labute approximate surface area is 176 Å². The molecule has 1 aromatic heterocycles. The third kappa shape index (κ3) is 4.34. The second-order valence-electron chi connectivity index (χ2n) is 8.40. The van der Waals surface area contributed by atoms with Gasteiger partial charge in [-0.3, -0.25) is 0 Å². The van der Waals surface area contributed by atoms with Gasteiger partial charge in [0.25, 0.3) is 0 Å². The smallest absolute Gasteiger partial charge is 0.152 e. The van der Waals surface area contributed by atoms with Crippen molar-refractivity contribution in [1.82, 2.24) is 10.2 Å². The van der Waals surface area contributed by atoms with Crippen molar-refractivity contribution in [2.24, 2.45) is 0 Å². The SMILES string of the molecule is CC1OC2(CC2)Cc2c(-c3ccc(Cl)cc3O)nnc(N)c21.OC1CCCCC1. The van der Waals surface area contributed by atoms with Crippen molar-refractivity contribution in [3.8, 4) is 17.0 Å².